The molecule has 1 heterocycles. The third kappa shape index (κ3) is 5.40. The van der Waals surface area contributed by atoms with E-state index in [2.05, 4.69) is 13.8 Å². The van der Waals surface area contributed by atoms with Gasteiger partial charge in [0.2, 0.25) is 0 Å². The lowest BCUT2D eigenvalue weighted by Crippen LogP contribution is -2.32. The predicted octanol–water partition coefficient (Wildman–Crippen LogP) is 5.07. The van der Waals surface area contributed by atoms with E-state index in [1.807, 2.05) is 48.5 Å². The van der Waals surface area contributed by atoms with Crippen LogP contribution in [0.3, 0.4) is 0 Å². The molecule has 0 bridgehead atoms. The van der Waals surface area contributed by atoms with Crippen LogP contribution in [0.25, 0.3) is 0 Å². The molecule has 0 N–H and O–H groups in total. The van der Waals surface area contributed by atoms with Crippen LogP contribution in [-0.4, -0.2) is 25.9 Å². The molecular weight excluding hydrogens is 316 g/mol. The van der Waals surface area contributed by atoms with E-state index in [1.54, 1.807) is 0 Å². The summed E-state index contributed by atoms with van der Waals surface area (Å²) >= 11 is 0. The Balaban J connectivity index is 1.47. The predicted molar refractivity (Wildman–Crippen MR) is 97.8 cm³/mol. The largest absolute Gasteiger partial charge is 0.493 e. The van der Waals surface area contributed by atoms with Gasteiger partial charge in [0.1, 0.15) is 29.6 Å². The normalized spacial score (nSPS) is 17.4. The number of rotatable bonds is 9. The Morgan fingerprint density at radius 3 is 1.92 bits per heavy atom. The fourth-order valence-corrected chi connectivity index (χ4v) is 2.31. The summed E-state index contributed by atoms with van der Waals surface area (Å²) in [5, 5.41) is 0. The lowest BCUT2D eigenvalue weighted by atomic mass is 10.1. The zero-order valence-corrected chi connectivity index (χ0v) is 14.9. The van der Waals surface area contributed by atoms with Gasteiger partial charge in [-0.2, -0.15) is 0 Å². The van der Waals surface area contributed by atoms with Crippen molar-refractivity contribution < 1.29 is 18.9 Å². The van der Waals surface area contributed by atoms with E-state index >= 15 is 0 Å². The molecule has 4 heteroatoms. The van der Waals surface area contributed by atoms with Gasteiger partial charge in [-0.05, 0) is 54.4 Å². The first-order valence-electron chi connectivity index (χ1n) is 8.98. The van der Waals surface area contributed by atoms with E-state index in [0.29, 0.717) is 12.5 Å². The topological polar surface area (TPSA) is 36.9 Å². The number of hydrogen-bond donors (Lipinski definition) is 0. The second-order valence-electron chi connectivity index (χ2n) is 6.46. The second-order valence-corrected chi connectivity index (χ2v) is 6.46. The van der Waals surface area contributed by atoms with E-state index in [4.69, 9.17) is 18.9 Å². The maximum atomic E-state index is 5.86. The third-order valence-corrected chi connectivity index (χ3v) is 4.34. The lowest BCUT2D eigenvalue weighted by Gasteiger charge is -2.26. The molecule has 2 unspecified atom stereocenters. The van der Waals surface area contributed by atoms with Gasteiger partial charge in [-0.25, -0.2) is 0 Å². The highest BCUT2D eigenvalue weighted by Crippen LogP contribution is 2.26. The molecule has 25 heavy (non-hydrogen) atoms. The van der Waals surface area contributed by atoms with E-state index in [1.165, 1.54) is 0 Å². The van der Waals surface area contributed by atoms with Gasteiger partial charge < -0.3 is 18.9 Å². The Labute approximate surface area is 149 Å². The van der Waals surface area contributed by atoms with Gasteiger partial charge in [0.05, 0.1) is 12.7 Å². The molecule has 0 spiro atoms. The molecule has 1 saturated heterocycles. The maximum Gasteiger partial charge on any atom is 0.127 e. The smallest absolute Gasteiger partial charge is 0.127 e. The van der Waals surface area contributed by atoms with E-state index in [-0.39, 0.29) is 6.10 Å². The van der Waals surface area contributed by atoms with Gasteiger partial charge >= 0.3 is 0 Å². The molecule has 4 nitrogen and oxygen atoms in total. The molecule has 134 valence electrons. The minimum Gasteiger partial charge on any atom is -0.493 e. The van der Waals surface area contributed by atoms with Crippen molar-refractivity contribution in [3.8, 4) is 23.0 Å². The maximum absolute atomic E-state index is 5.86. The zero-order valence-electron chi connectivity index (χ0n) is 14.9. The van der Waals surface area contributed by atoms with Crippen molar-refractivity contribution in [1.29, 1.82) is 0 Å². The summed E-state index contributed by atoms with van der Waals surface area (Å²) in [6.45, 7) is 6.55. The molecule has 0 amide bonds. The van der Waals surface area contributed by atoms with Crippen LogP contribution in [-0.2, 0) is 4.74 Å². The highest BCUT2D eigenvalue weighted by atomic mass is 16.5. The van der Waals surface area contributed by atoms with Crippen molar-refractivity contribution in [2.75, 3.05) is 19.8 Å². The van der Waals surface area contributed by atoms with Crippen LogP contribution < -0.4 is 14.2 Å². The fraction of sp³-hybridized carbons (Fsp3) is 0.429. The van der Waals surface area contributed by atoms with Crippen molar-refractivity contribution >= 4 is 0 Å². The molecule has 3 rings (SSSR count). The molecule has 0 saturated carbocycles. The Morgan fingerprint density at radius 2 is 1.44 bits per heavy atom. The fourth-order valence-electron chi connectivity index (χ4n) is 2.31. The van der Waals surface area contributed by atoms with Gasteiger partial charge in [-0.3, -0.25) is 0 Å². The Hall–Kier alpha value is -2.20. The average Bonchev–Trinajstić information content (AvgIpc) is 2.61. The van der Waals surface area contributed by atoms with E-state index in [0.717, 1.165) is 49.1 Å². The van der Waals surface area contributed by atoms with Crippen molar-refractivity contribution in [3.05, 3.63) is 48.5 Å². The SMILES string of the molecule is CCC(C)COc1ccc(Oc2ccc(OCC3CCO3)cc2)cc1. The van der Waals surface area contributed by atoms with Gasteiger partial charge in [0.25, 0.3) is 0 Å². The van der Waals surface area contributed by atoms with Crippen LogP contribution in [0.15, 0.2) is 48.5 Å². The van der Waals surface area contributed by atoms with Crippen molar-refractivity contribution in [2.24, 2.45) is 5.92 Å². The summed E-state index contributed by atoms with van der Waals surface area (Å²) in [4.78, 5) is 0. The molecule has 1 fully saturated rings. The highest BCUT2D eigenvalue weighted by molar-refractivity contribution is 5.37. The monoisotopic (exact) mass is 342 g/mol. The first-order valence-corrected chi connectivity index (χ1v) is 8.98. The first kappa shape index (κ1) is 17.6. The van der Waals surface area contributed by atoms with Crippen molar-refractivity contribution in [3.63, 3.8) is 0 Å². The van der Waals surface area contributed by atoms with Gasteiger partial charge in [0, 0.05) is 13.0 Å². The molecule has 0 aromatic heterocycles. The summed E-state index contributed by atoms with van der Waals surface area (Å²) < 4.78 is 22.6. The molecule has 1 aliphatic heterocycles. The summed E-state index contributed by atoms with van der Waals surface area (Å²) in [7, 11) is 0. The first-order chi connectivity index (χ1) is 12.2. The zero-order chi connectivity index (χ0) is 17.5. The summed E-state index contributed by atoms with van der Waals surface area (Å²) in [5.74, 6) is 3.83. The van der Waals surface area contributed by atoms with Crippen molar-refractivity contribution in [1.82, 2.24) is 0 Å². The number of benzene rings is 2. The average molecular weight is 342 g/mol. The Morgan fingerprint density at radius 1 is 0.920 bits per heavy atom. The lowest BCUT2D eigenvalue weighted by molar-refractivity contribution is -0.0720. The molecule has 2 aromatic rings. The standard InChI is InChI=1S/C21H26O4/c1-3-16(2)14-23-17-4-8-19(9-5-17)25-20-10-6-18(7-11-20)24-15-21-12-13-22-21/h4-11,16,21H,3,12-15H2,1-2H3. The van der Waals surface area contributed by atoms with Crippen molar-refractivity contribution in [2.45, 2.75) is 32.8 Å². The van der Waals surface area contributed by atoms with Crippen LogP contribution >= 0.6 is 0 Å². The van der Waals surface area contributed by atoms with Crippen LogP contribution in [0.1, 0.15) is 26.7 Å². The molecule has 2 atom stereocenters. The number of ether oxygens (including phenoxy) is 4. The summed E-state index contributed by atoms with van der Waals surface area (Å²) in [6.07, 6.45) is 2.45. The van der Waals surface area contributed by atoms with Crippen LogP contribution in [0.5, 0.6) is 23.0 Å². The van der Waals surface area contributed by atoms with Gasteiger partial charge in [0.15, 0.2) is 0 Å². The van der Waals surface area contributed by atoms with Crippen LogP contribution in [0.4, 0.5) is 0 Å². The minimum atomic E-state index is 0.247. The molecule has 0 aliphatic carbocycles. The third-order valence-electron chi connectivity index (χ3n) is 4.34. The highest BCUT2D eigenvalue weighted by Gasteiger charge is 2.18. The molecule has 0 radical (unpaired) electrons. The van der Waals surface area contributed by atoms with E-state index < -0.39 is 0 Å². The van der Waals surface area contributed by atoms with Gasteiger partial charge in [-0.15, -0.1) is 0 Å². The van der Waals surface area contributed by atoms with Gasteiger partial charge in [-0.1, -0.05) is 20.3 Å². The minimum absolute atomic E-state index is 0.247. The quantitative estimate of drug-likeness (QED) is 0.637. The molecule has 1 aliphatic rings. The van der Waals surface area contributed by atoms with Crippen LogP contribution in [0.2, 0.25) is 0 Å². The Kier molecular flexibility index (Phi) is 6.18. The number of hydrogen-bond acceptors (Lipinski definition) is 4. The summed E-state index contributed by atoms with van der Waals surface area (Å²) in [5.41, 5.74) is 0. The summed E-state index contributed by atoms with van der Waals surface area (Å²) in [6, 6.07) is 15.4. The molecule has 2 aromatic carbocycles. The van der Waals surface area contributed by atoms with Crippen LogP contribution in [0, 0.1) is 5.92 Å². The Bertz CT molecular complexity index is 582. The second kappa shape index (κ2) is 8.77. The molecular formula is C21H26O4. The van der Waals surface area contributed by atoms with E-state index in [9.17, 15) is 0 Å².